The van der Waals surface area contributed by atoms with Gasteiger partial charge in [0.2, 0.25) is 5.91 Å². The Labute approximate surface area is 174 Å². The Bertz CT molecular complexity index is 548. The zero-order chi connectivity index (χ0) is 17.5. The van der Waals surface area contributed by atoms with E-state index >= 15 is 0 Å². The summed E-state index contributed by atoms with van der Waals surface area (Å²) in [4.78, 5) is 17.3. The smallest absolute Gasteiger partial charge is 0.230 e. The molecule has 154 valence electrons. The van der Waals surface area contributed by atoms with Crippen molar-refractivity contribution in [2.75, 3.05) is 59.1 Å². The molecule has 0 unspecified atom stereocenters. The number of para-hydroxylation sites is 1. The van der Waals surface area contributed by atoms with Crippen molar-refractivity contribution in [2.45, 2.75) is 12.8 Å². The number of halogens is 2. The Morgan fingerprint density at radius 2 is 1.70 bits per heavy atom. The maximum Gasteiger partial charge on any atom is 0.230 e. The fourth-order valence-electron chi connectivity index (χ4n) is 3.59. The molecule has 1 aromatic rings. The van der Waals surface area contributed by atoms with Crippen molar-refractivity contribution in [1.29, 1.82) is 0 Å². The van der Waals surface area contributed by atoms with Gasteiger partial charge in [0.25, 0.3) is 0 Å². The molecule has 0 aliphatic carbocycles. The third-order valence-electron chi connectivity index (χ3n) is 5.37. The highest BCUT2D eigenvalue weighted by molar-refractivity contribution is 5.85. The zero-order valence-corrected chi connectivity index (χ0v) is 17.3. The summed E-state index contributed by atoms with van der Waals surface area (Å²) in [5.41, 5.74) is 5.56. The van der Waals surface area contributed by atoms with Crippen molar-refractivity contribution in [3.8, 4) is 5.75 Å². The molecule has 3 rings (SSSR count). The van der Waals surface area contributed by atoms with Gasteiger partial charge in [-0.1, -0.05) is 18.2 Å². The van der Waals surface area contributed by atoms with Crippen LogP contribution in [-0.2, 0) is 9.53 Å². The Kier molecular flexibility index (Phi) is 10.4. The van der Waals surface area contributed by atoms with Gasteiger partial charge in [-0.25, -0.2) is 0 Å². The van der Waals surface area contributed by atoms with Crippen LogP contribution in [0.2, 0.25) is 0 Å². The molecule has 2 heterocycles. The number of rotatable bonds is 6. The quantitative estimate of drug-likeness (QED) is 0.761. The molecule has 27 heavy (non-hydrogen) atoms. The van der Waals surface area contributed by atoms with Gasteiger partial charge in [0, 0.05) is 52.5 Å². The van der Waals surface area contributed by atoms with E-state index in [1.165, 1.54) is 0 Å². The molecule has 2 aliphatic heterocycles. The molecular formula is C19H31Cl2N3O3. The predicted molar refractivity (Wildman–Crippen MR) is 111 cm³/mol. The standard InChI is InChI=1S/C19H29N3O3.2ClH/c20-16-19(6-13-24-14-7-19)18(23)22-10-8-21(9-11-22)12-15-25-17-4-2-1-3-5-17;;/h1-5H,6-16,20H2;2*1H. The van der Waals surface area contributed by atoms with E-state index in [2.05, 4.69) is 4.90 Å². The van der Waals surface area contributed by atoms with Crippen LogP contribution in [0, 0.1) is 5.41 Å². The summed E-state index contributed by atoms with van der Waals surface area (Å²) in [6.45, 7) is 6.57. The van der Waals surface area contributed by atoms with E-state index in [9.17, 15) is 4.79 Å². The highest BCUT2D eigenvalue weighted by Gasteiger charge is 2.41. The van der Waals surface area contributed by atoms with Gasteiger partial charge in [-0.3, -0.25) is 9.69 Å². The molecule has 0 radical (unpaired) electrons. The van der Waals surface area contributed by atoms with Crippen molar-refractivity contribution in [3.05, 3.63) is 30.3 Å². The minimum Gasteiger partial charge on any atom is -0.492 e. The molecule has 2 saturated heterocycles. The van der Waals surface area contributed by atoms with Crippen LogP contribution in [0.4, 0.5) is 0 Å². The molecule has 0 aromatic heterocycles. The number of nitrogens with two attached hydrogens (primary N) is 1. The number of ether oxygens (including phenoxy) is 2. The average molecular weight is 420 g/mol. The molecule has 1 amide bonds. The average Bonchev–Trinajstić information content (AvgIpc) is 2.69. The second-order valence-corrected chi connectivity index (χ2v) is 6.89. The van der Waals surface area contributed by atoms with E-state index < -0.39 is 5.41 Å². The molecule has 0 bridgehead atoms. The number of benzene rings is 1. The summed E-state index contributed by atoms with van der Waals surface area (Å²) < 4.78 is 11.2. The first kappa shape index (κ1) is 24.0. The fraction of sp³-hybridized carbons (Fsp3) is 0.632. The first-order chi connectivity index (χ1) is 12.2. The van der Waals surface area contributed by atoms with Crippen molar-refractivity contribution >= 4 is 30.7 Å². The van der Waals surface area contributed by atoms with E-state index in [-0.39, 0.29) is 30.7 Å². The van der Waals surface area contributed by atoms with E-state index in [0.717, 1.165) is 51.3 Å². The monoisotopic (exact) mass is 419 g/mol. The van der Waals surface area contributed by atoms with Crippen LogP contribution in [0.5, 0.6) is 5.75 Å². The van der Waals surface area contributed by atoms with E-state index in [4.69, 9.17) is 15.2 Å². The molecule has 0 spiro atoms. The summed E-state index contributed by atoms with van der Waals surface area (Å²) in [6, 6.07) is 9.87. The highest BCUT2D eigenvalue weighted by Crippen LogP contribution is 2.32. The Hall–Kier alpha value is -1.05. The maximum atomic E-state index is 13.0. The molecule has 2 fully saturated rings. The van der Waals surface area contributed by atoms with E-state index in [1.54, 1.807) is 0 Å². The van der Waals surface area contributed by atoms with Gasteiger partial charge >= 0.3 is 0 Å². The van der Waals surface area contributed by atoms with Crippen LogP contribution < -0.4 is 10.5 Å². The van der Waals surface area contributed by atoms with Gasteiger partial charge in [-0.15, -0.1) is 24.8 Å². The van der Waals surface area contributed by atoms with E-state index in [1.807, 2.05) is 35.2 Å². The van der Waals surface area contributed by atoms with Crippen LogP contribution in [0.15, 0.2) is 30.3 Å². The third kappa shape index (κ3) is 6.22. The first-order valence-corrected chi connectivity index (χ1v) is 9.21. The Morgan fingerprint density at radius 3 is 2.30 bits per heavy atom. The van der Waals surface area contributed by atoms with Gasteiger partial charge in [0.05, 0.1) is 5.41 Å². The van der Waals surface area contributed by atoms with Gasteiger partial charge in [0.15, 0.2) is 0 Å². The van der Waals surface area contributed by atoms with Gasteiger partial charge < -0.3 is 20.1 Å². The third-order valence-corrected chi connectivity index (χ3v) is 5.37. The highest BCUT2D eigenvalue weighted by atomic mass is 35.5. The number of amides is 1. The zero-order valence-electron chi connectivity index (χ0n) is 15.7. The lowest BCUT2D eigenvalue weighted by molar-refractivity contribution is -0.149. The van der Waals surface area contributed by atoms with Crippen molar-refractivity contribution < 1.29 is 14.3 Å². The Balaban J connectivity index is 0.00000182. The second-order valence-electron chi connectivity index (χ2n) is 6.89. The summed E-state index contributed by atoms with van der Waals surface area (Å²) >= 11 is 0. The summed E-state index contributed by atoms with van der Waals surface area (Å²) in [6.07, 6.45) is 1.49. The Morgan fingerprint density at radius 1 is 1.07 bits per heavy atom. The fourth-order valence-corrected chi connectivity index (χ4v) is 3.59. The van der Waals surface area contributed by atoms with Crippen molar-refractivity contribution in [1.82, 2.24) is 9.80 Å². The van der Waals surface area contributed by atoms with Crippen LogP contribution in [0.1, 0.15) is 12.8 Å². The molecule has 6 nitrogen and oxygen atoms in total. The van der Waals surface area contributed by atoms with Crippen LogP contribution in [0.25, 0.3) is 0 Å². The SMILES string of the molecule is Cl.Cl.NCC1(C(=O)N2CCN(CCOc3ccccc3)CC2)CCOCC1. The minimum absolute atomic E-state index is 0. The molecule has 2 aliphatic rings. The lowest BCUT2D eigenvalue weighted by atomic mass is 9.78. The van der Waals surface area contributed by atoms with Gasteiger partial charge in [-0.05, 0) is 25.0 Å². The molecule has 0 atom stereocenters. The summed E-state index contributed by atoms with van der Waals surface area (Å²) in [5.74, 6) is 1.12. The molecule has 1 aromatic carbocycles. The van der Waals surface area contributed by atoms with Crippen LogP contribution in [-0.4, -0.2) is 74.8 Å². The van der Waals surface area contributed by atoms with Gasteiger partial charge in [0.1, 0.15) is 12.4 Å². The largest absolute Gasteiger partial charge is 0.492 e. The molecule has 8 heteroatoms. The molecular weight excluding hydrogens is 389 g/mol. The first-order valence-electron chi connectivity index (χ1n) is 9.21. The lowest BCUT2D eigenvalue weighted by Gasteiger charge is -2.42. The number of piperazine rings is 1. The predicted octanol–water partition coefficient (Wildman–Crippen LogP) is 1.81. The number of nitrogens with zero attached hydrogens (tertiary/aromatic N) is 2. The minimum atomic E-state index is -0.406. The van der Waals surface area contributed by atoms with E-state index in [0.29, 0.717) is 26.4 Å². The topological polar surface area (TPSA) is 68.0 Å². The summed E-state index contributed by atoms with van der Waals surface area (Å²) in [5, 5.41) is 0. The second kappa shape index (κ2) is 11.7. The normalized spacial score (nSPS) is 19.5. The summed E-state index contributed by atoms with van der Waals surface area (Å²) in [7, 11) is 0. The molecule has 2 N–H and O–H groups in total. The maximum absolute atomic E-state index is 13.0. The van der Waals surface area contributed by atoms with Crippen LogP contribution >= 0.6 is 24.8 Å². The van der Waals surface area contributed by atoms with Crippen molar-refractivity contribution in [2.24, 2.45) is 11.1 Å². The number of carbonyl (C=O) groups is 1. The van der Waals surface area contributed by atoms with Gasteiger partial charge in [-0.2, -0.15) is 0 Å². The lowest BCUT2D eigenvalue weighted by Crippen LogP contribution is -2.56. The van der Waals surface area contributed by atoms with Crippen molar-refractivity contribution in [3.63, 3.8) is 0 Å². The van der Waals surface area contributed by atoms with Crippen LogP contribution in [0.3, 0.4) is 0 Å². The molecule has 0 saturated carbocycles. The number of hydrogen-bond acceptors (Lipinski definition) is 5. The number of hydrogen-bond donors (Lipinski definition) is 1. The number of carbonyl (C=O) groups excluding carboxylic acids is 1.